The van der Waals surface area contributed by atoms with Gasteiger partial charge >= 0.3 is 0 Å². The zero-order chi connectivity index (χ0) is 13.7. The fraction of sp³-hybridized carbons (Fsp3) is 0.667. The minimum absolute atomic E-state index is 0.284. The molecule has 1 aromatic carbocycles. The molecular formula is C18H28O. The van der Waals surface area contributed by atoms with Gasteiger partial charge in [-0.25, -0.2) is 0 Å². The molecule has 0 bridgehead atoms. The maximum Gasteiger partial charge on any atom is 0.119 e. The van der Waals surface area contributed by atoms with E-state index < -0.39 is 0 Å². The molecule has 0 aliphatic heterocycles. The van der Waals surface area contributed by atoms with Gasteiger partial charge in [-0.3, -0.25) is 0 Å². The predicted octanol–water partition coefficient (Wildman–Crippen LogP) is 5.33. The highest BCUT2D eigenvalue weighted by Gasteiger charge is 2.22. The van der Waals surface area contributed by atoms with Crippen LogP contribution in [0.2, 0.25) is 0 Å². The number of benzene rings is 1. The summed E-state index contributed by atoms with van der Waals surface area (Å²) in [5.41, 5.74) is 1.70. The Kier molecular flexibility index (Phi) is 4.90. The fourth-order valence-electron chi connectivity index (χ4n) is 3.01. The minimum atomic E-state index is 0.284. The zero-order valence-electron chi connectivity index (χ0n) is 12.7. The normalized spacial score (nSPS) is 16.8. The second-order valence-corrected chi connectivity index (χ2v) is 6.26. The second kappa shape index (κ2) is 6.45. The molecule has 0 saturated heterocycles. The van der Waals surface area contributed by atoms with E-state index in [0.717, 1.165) is 18.3 Å². The van der Waals surface area contributed by atoms with E-state index in [9.17, 15) is 0 Å². The van der Waals surface area contributed by atoms with Crippen molar-refractivity contribution in [3.05, 3.63) is 29.8 Å². The van der Waals surface area contributed by atoms with Gasteiger partial charge < -0.3 is 4.74 Å². The van der Waals surface area contributed by atoms with Crippen molar-refractivity contribution in [1.82, 2.24) is 0 Å². The summed E-state index contributed by atoms with van der Waals surface area (Å²) in [6, 6.07) is 8.74. The van der Waals surface area contributed by atoms with E-state index in [1.54, 1.807) is 0 Å². The van der Waals surface area contributed by atoms with Gasteiger partial charge in [-0.05, 0) is 54.7 Å². The van der Waals surface area contributed by atoms with Gasteiger partial charge in [0, 0.05) is 0 Å². The van der Waals surface area contributed by atoms with E-state index >= 15 is 0 Å². The summed E-state index contributed by atoms with van der Waals surface area (Å²) in [6.07, 6.45) is 7.82. The van der Waals surface area contributed by atoms with Gasteiger partial charge in [0.2, 0.25) is 0 Å². The lowest BCUT2D eigenvalue weighted by Crippen LogP contribution is -2.19. The van der Waals surface area contributed by atoms with Crippen LogP contribution in [0.1, 0.15) is 64.9 Å². The lowest BCUT2D eigenvalue weighted by atomic mass is 9.78. The van der Waals surface area contributed by atoms with E-state index in [0.29, 0.717) is 0 Å². The van der Waals surface area contributed by atoms with Crippen LogP contribution in [0.15, 0.2) is 24.3 Å². The first kappa shape index (κ1) is 14.4. The predicted molar refractivity (Wildman–Crippen MR) is 81.8 cm³/mol. The summed E-state index contributed by atoms with van der Waals surface area (Å²) >= 11 is 0. The van der Waals surface area contributed by atoms with Gasteiger partial charge in [0.15, 0.2) is 0 Å². The quantitative estimate of drug-likeness (QED) is 0.671. The Morgan fingerprint density at radius 2 is 1.84 bits per heavy atom. The Morgan fingerprint density at radius 1 is 1.16 bits per heavy atom. The van der Waals surface area contributed by atoms with Crippen molar-refractivity contribution in [2.75, 3.05) is 6.61 Å². The minimum Gasteiger partial charge on any atom is -0.493 e. The topological polar surface area (TPSA) is 9.23 Å². The fourth-order valence-corrected chi connectivity index (χ4v) is 3.01. The summed E-state index contributed by atoms with van der Waals surface area (Å²) in [5, 5.41) is 0. The highest BCUT2D eigenvalue weighted by molar-refractivity contribution is 5.33. The molecule has 0 aromatic heterocycles. The molecule has 0 heterocycles. The highest BCUT2D eigenvalue weighted by atomic mass is 16.5. The third kappa shape index (κ3) is 3.52. The molecule has 0 atom stereocenters. The molecule has 0 radical (unpaired) electrons. The van der Waals surface area contributed by atoms with Crippen LogP contribution in [-0.2, 0) is 5.41 Å². The standard InChI is InChI=1S/C18H28O/c1-4-18(3,5-2)16-11-8-12-17(13-16)19-14-15-9-6-7-10-15/h8,11-13,15H,4-7,9-10,14H2,1-3H3. The Hall–Kier alpha value is -0.980. The van der Waals surface area contributed by atoms with E-state index in [2.05, 4.69) is 45.0 Å². The molecule has 2 rings (SSSR count). The van der Waals surface area contributed by atoms with Gasteiger partial charge in [0.05, 0.1) is 6.61 Å². The Morgan fingerprint density at radius 3 is 2.47 bits per heavy atom. The summed E-state index contributed by atoms with van der Waals surface area (Å²) < 4.78 is 6.01. The van der Waals surface area contributed by atoms with E-state index in [4.69, 9.17) is 4.74 Å². The van der Waals surface area contributed by atoms with Crippen molar-refractivity contribution in [3.8, 4) is 5.75 Å². The molecule has 1 aliphatic rings. The molecule has 1 heteroatoms. The average molecular weight is 260 g/mol. The summed E-state index contributed by atoms with van der Waals surface area (Å²) in [4.78, 5) is 0. The largest absolute Gasteiger partial charge is 0.493 e. The Labute approximate surface area is 118 Å². The van der Waals surface area contributed by atoms with Gasteiger partial charge in [0.1, 0.15) is 5.75 Å². The van der Waals surface area contributed by atoms with E-state index in [1.165, 1.54) is 44.1 Å². The number of hydrogen-bond acceptors (Lipinski definition) is 1. The van der Waals surface area contributed by atoms with Gasteiger partial charge in [-0.2, -0.15) is 0 Å². The van der Waals surface area contributed by atoms with Crippen LogP contribution < -0.4 is 4.74 Å². The van der Waals surface area contributed by atoms with Gasteiger partial charge in [-0.1, -0.05) is 45.7 Å². The maximum atomic E-state index is 6.01. The molecule has 0 unspecified atom stereocenters. The molecule has 0 N–H and O–H groups in total. The Balaban J connectivity index is 2.02. The molecular weight excluding hydrogens is 232 g/mol. The summed E-state index contributed by atoms with van der Waals surface area (Å²) in [5.74, 6) is 1.84. The van der Waals surface area contributed by atoms with Crippen molar-refractivity contribution in [1.29, 1.82) is 0 Å². The first-order valence-electron chi connectivity index (χ1n) is 7.91. The summed E-state index contributed by atoms with van der Waals surface area (Å²) in [6.45, 7) is 7.80. The van der Waals surface area contributed by atoms with Crippen molar-refractivity contribution in [2.45, 2.75) is 64.7 Å². The van der Waals surface area contributed by atoms with E-state index in [-0.39, 0.29) is 5.41 Å². The number of hydrogen-bond donors (Lipinski definition) is 0. The van der Waals surface area contributed by atoms with Crippen LogP contribution in [0.5, 0.6) is 5.75 Å². The molecule has 1 nitrogen and oxygen atoms in total. The van der Waals surface area contributed by atoms with Crippen molar-refractivity contribution >= 4 is 0 Å². The lowest BCUT2D eigenvalue weighted by Gasteiger charge is -2.27. The second-order valence-electron chi connectivity index (χ2n) is 6.26. The number of ether oxygens (including phenoxy) is 1. The molecule has 0 amide bonds. The third-order valence-electron chi connectivity index (χ3n) is 5.05. The van der Waals surface area contributed by atoms with Crippen molar-refractivity contribution < 1.29 is 4.74 Å². The average Bonchev–Trinajstić information content (AvgIpc) is 2.98. The van der Waals surface area contributed by atoms with Gasteiger partial charge in [-0.15, -0.1) is 0 Å². The highest BCUT2D eigenvalue weighted by Crippen LogP contribution is 2.33. The molecule has 106 valence electrons. The molecule has 19 heavy (non-hydrogen) atoms. The zero-order valence-corrected chi connectivity index (χ0v) is 12.7. The smallest absolute Gasteiger partial charge is 0.119 e. The monoisotopic (exact) mass is 260 g/mol. The Bertz CT molecular complexity index is 386. The molecule has 1 fully saturated rings. The van der Waals surface area contributed by atoms with Crippen LogP contribution in [0.4, 0.5) is 0 Å². The van der Waals surface area contributed by atoms with Crippen LogP contribution in [0, 0.1) is 5.92 Å². The van der Waals surface area contributed by atoms with Crippen molar-refractivity contribution in [2.24, 2.45) is 5.92 Å². The van der Waals surface area contributed by atoms with Crippen LogP contribution in [0.25, 0.3) is 0 Å². The van der Waals surface area contributed by atoms with Crippen LogP contribution >= 0.6 is 0 Å². The maximum absolute atomic E-state index is 6.01. The number of rotatable bonds is 6. The first-order chi connectivity index (χ1) is 9.18. The third-order valence-corrected chi connectivity index (χ3v) is 5.05. The lowest BCUT2D eigenvalue weighted by molar-refractivity contribution is 0.251. The molecule has 1 aliphatic carbocycles. The summed E-state index contributed by atoms with van der Waals surface area (Å²) in [7, 11) is 0. The molecule has 1 saturated carbocycles. The SMILES string of the molecule is CCC(C)(CC)c1cccc(OCC2CCCC2)c1. The first-order valence-corrected chi connectivity index (χ1v) is 7.91. The van der Waals surface area contributed by atoms with Gasteiger partial charge in [0.25, 0.3) is 0 Å². The van der Waals surface area contributed by atoms with Crippen molar-refractivity contribution in [3.63, 3.8) is 0 Å². The van der Waals surface area contributed by atoms with Crippen LogP contribution in [0.3, 0.4) is 0 Å². The molecule has 0 spiro atoms. The molecule has 1 aromatic rings. The van der Waals surface area contributed by atoms with E-state index in [1.807, 2.05) is 0 Å². The van der Waals surface area contributed by atoms with Crippen LogP contribution in [-0.4, -0.2) is 6.61 Å².